The monoisotopic (exact) mass is 304 g/mol. The lowest BCUT2D eigenvalue weighted by Crippen LogP contribution is -2.52. The second-order valence-electron chi connectivity index (χ2n) is 5.03. The third-order valence-corrected chi connectivity index (χ3v) is 5.87. The van der Waals surface area contributed by atoms with Crippen LogP contribution in [0.25, 0.3) is 0 Å². The zero-order chi connectivity index (χ0) is 13.2. The molecule has 0 saturated carbocycles. The second-order valence-corrected chi connectivity index (χ2v) is 7.00. The Bertz CT molecular complexity index is 499. The van der Waals surface area contributed by atoms with E-state index in [9.17, 15) is 8.42 Å². The fourth-order valence-electron chi connectivity index (χ4n) is 2.32. The van der Waals surface area contributed by atoms with Crippen LogP contribution in [-0.2, 0) is 10.0 Å². The van der Waals surface area contributed by atoms with Crippen molar-refractivity contribution in [3.63, 3.8) is 0 Å². The fraction of sp³-hybridized carbons (Fsp3) is 0.538. The molecule has 1 aromatic rings. The molecule has 1 aromatic carbocycles. The molecule has 19 heavy (non-hydrogen) atoms. The van der Waals surface area contributed by atoms with Crippen molar-refractivity contribution >= 4 is 22.4 Å². The first-order valence-corrected chi connectivity index (χ1v) is 7.66. The lowest BCUT2D eigenvalue weighted by molar-refractivity contribution is 0.182. The molecule has 1 heterocycles. The van der Waals surface area contributed by atoms with Gasteiger partial charge >= 0.3 is 0 Å². The van der Waals surface area contributed by atoms with Gasteiger partial charge in [-0.2, -0.15) is 4.31 Å². The molecule has 0 amide bonds. The Balaban J connectivity index is 0.00000180. The van der Waals surface area contributed by atoms with E-state index in [4.69, 9.17) is 0 Å². The molecular formula is C13H21ClN2O2S. The Morgan fingerprint density at radius 3 is 2.21 bits per heavy atom. The summed E-state index contributed by atoms with van der Waals surface area (Å²) in [5.41, 5.74) is -0.292. The molecule has 1 fully saturated rings. The third-order valence-electron chi connectivity index (χ3n) is 3.84. The standard InChI is InChI=1S/C13H20N2O2S.ClH/c1-13(8-10-14-11-9-13)15(2)18(16,17)12-6-4-3-5-7-12;/h3-7,14H,8-11H2,1-2H3;1H. The number of hydrogen-bond acceptors (Lipinski definition) is 3. The van der Waals surface area contributed by atoms with Crippen molar-refractivity contribution in [2.45, 2.75) is 30.2 Å². The minimum Gasteiger partial charge on any atom is -0.317 e. The highest BCUT2D eigenvalue weighted by Crippen LogP contribution is 2.29. The van der Waals surface area contributed by atoms with Gasteiger partial charge in [-0.15, -0.1) is 12.4 Å². The molecule has 6 heteroatoms. The van der Waals surface area contributed by atoms with Gasteiger partial charge in [-0.25, -0.2) is 8.42 Å². The number of hydrogen-bond donors (Lipinski definition) is 1. The quantitative estimate of drug-likeness (QED) is 0.927. The van der Waals surface area contributed by atoms with Crippen molar-refractivity contribution in [1.29, 1.82) is 0 Å². The van der Waals surface area contributed by atoms with E-state index in [1.54, 1.807) is 31.3 Å². The van der Waals surface area contributed by atoms with Gasteiger partial charge in [0.1, 0.15) is 0 Å². The number of rotatable bonds is 3. The zero-order valence-electron chi connectivity index (χ0n) is 11.3. The highest BCUT2D eigenvalue weighted by atomic mass is 35.5. The lowest BCUT2D eigenvalue weighted by Gasteiger charge is -2.41. The number of piperidine rings is 1. The highest BCUT2D eigenvalue weighted by Gasteiger charge is 2.38. The number of nitrogens with zero attached hydrogens (tertiary/aromatic N) is 1. The van der Waals surface area contributed by atoms with Gasteiger partial charge in [0.2, 0.25) is 10.0 Å². The molecule has 1 aliphatic rings. The van der Waals surface area contributed by atoms with E-state index < -0.39 is 10.0 Å². The van der Waals surface area contributed by atoms with E-state index in [1.807, 2.05) is 13.0 Å². The summed E-state index contributed by atoms with van der Waals surface area (Å²) in [5, 5.41) is 3.26. The first-order chi connectivity index (χ1) is 8.47. The first-order valence-electron chi connectivity index (χ1n) is 6.22. The topological polar surface area (TPSA) is 49.4 Å². The number of sulfonamides is 1. The van der Waals surface area contributed by atoms with E-state index in [0.29, 0.717) is 4.90 Å². The minimum atomic E-state index is -3.39. The van der Waals surface area contributed by atoms with Crippen molar-refractivity contribution in [2.24, 2.45) is 0 Å². The molecule has 108 valence electrons. The van der Waals surface area contributed by atoms with Crippen LogP contribution in [-0.4, -0.2) is 38.4 Å². The Hall–Kier alpha value is -0.620. The SMILES string of the molecule is CN(C1(C)CCNCC1)S(=O)(=O)c1ccccc1.Cl. The Morgan fingerprint density at radius 2 is 1.68 bits per heavy atom. The van der Waals surface area contributed by atoms with Crippen molar-refractivity contribution < 1.29 is 8.42 Å². The molecule has 2 rings (SSSR count). The van der Waals surface area contributed by atoms with Crippen LogP contribution in [0.4, 0.5) is 0 Å². The molecule has 0 atom stereocenters. The van der Waals surface area contributed by atoms with E-state index in [1.165, 1.54) is 4.31 Å². The van der Waals surface area contributed by atoms with Gasteiger partial charge in [0.15, 0.2) is 0 Å². The summed E-state index contributed by atoms with van der Waals surface area (Å²) in [7, 11) is -1.70. The van der Waals surface area contributed by atoms with Gasteiger partial charge in [0, 0.05) is 12.6 Å². The molecule has 0 spiro atoms. The summed E-state index contributed by atoms with van der Waals surface area (Å²) >= 11 is 0. The Labute approximate surface area is 121 Å². The smallest absolute Gasteiger partial charge is 0.243 e. The minimum absolute atomic E-state index is 0. The first kappa shape index (κ1) is 16.4. The van der Waals surface area contributed by atoms with Crippen molar-refractivity contribution in [3.05, 3.63) is 30.3 Å². The van der Waals surface area contributed by atoms with Gasteiger partial charge in [0.05, 0.1) is 4.90 Å². The molecule has 1 saturated heterocycles. The molecule has 0 aliphatic carbocycles. The van der Waals surface area contributed by atoms with Crippen LogP contribution in [0.1, 0.15) is 19.8 Å². The zero-order valence-corrected chi connectivity index (χ0v) is 12.9. The van der Waals surface area contributed by atoms with Crippen molar-refractivity contribution in [3.8, 4) is 0 Å². The van der Waals surface area contributed by atoms with Crippen molar-refractivity contribution in [2.75, 3.05) is 20.1 Å². The molecule has 1 aliphatic heterocycles. The van der Waals surface area contributed by atoms with E-state index in [-0.39, 0.29) is 17.9 Å². The normalized spacial score (nSPS) is 18.9. The van der Waals surface area contributed by atoms with E-state index in [0.717, 1.165) is 25.9 Å². The summed E-state index contributed by atoms with van der Waals surface area (Å²) in [6.07, 6.45) is 1.69. The summed E-state index contributed by atoms with van der Waals surface area (Å²) in [4.78, 5) is 0.368. The van der Waals surface area contributed by atoms with Crippen LogP contribution >= 0.6 is 12.4 Å². The predicted octanol–water partition coefficient (Wildman–Crippen LogP) is 1.87. The van der Waals surface area contributed by atoms with E-state index >= 15 is 0 Å². The molecular weight excluding hydrogens is 284 g/mol. The molecule has 0 bridgehead atoms. The summed E-state index contributed by atoms with van der Waals surface area (Å²) in [6.45, 7) is 3.75. The average Bonchev–Trinajstić information content (AvgIpc) is 2.40. The van der Waals surface area contributed by atoms with Crippen LogP contribution in [0.15, 0.2) is 35.2 Å². The van der Waals surface area contributed by atoms with Crippen LogP contribution in [0.3, 0.4) is 0 Å². The van der Waals surface area contributed by atoms with Crippen LogP contribution < -0.4 is 5.32 Å². The van der Waals surface area contributed by atoms with Crippen LogP contribution in [0.2, 0.25) is 0 Å². The molecule has 4 nitrogen and oxygen atoms in total. The summed E-state index contributed by atoms with van der Waals surface area (Å²) < 4.78 is 26.6. The molecule has 0 unspecified atom stereocenters. The van der Waals surface area contributed by atoms with Crippen LogP contribution in [0.5, 0.6) is 0 Å². The Kier molecular flexibility index (Phi) is 5.38. The maximum Gasteiger partial charge on any atom is 0.243 e. The van der Waals surface area contributed by atoms with Gasteiger partial charge in [-0.05, 0) is 45.0 Å². The van der Waals surface area contributed by atoms with Crippen LogP contribution in [0, 0.1) is 0 Å². The maximum atomic E-state index is 12.5. The third kappa shape index (κ3) is 3.28. The van der Waals surface area contributed by atoms with Gasteiger partial charge < -0.3 is 5.32 Å². The fourth-order valence-corrected chi connectivity index (χ4v) is 3.90. The molecule has 0 radical (unpaired) electrons. The van der Waals surface area contributed by atoms with E-state index in [2.05, 4.69) is 5.32 Å². The number of benzene rings is 1. The summed E-state index contributed by atoms with van der Waals surface area (Å²) in [6, 6.07) is 8.63. The lowest BCUT2D eigenvalue weighted by atomic mass is 9.91. The molecule has 0 aromatic heterocycles. The highest BCUT2D eigenvalue weighted by molar-refractivity contribution is 7.89. The van der Waals surface area contributed by atoms with Gasteiger partial charge in [0.25, 0.3) is 0 Å². The molecule has 1 N–H and O–H groups in total. The Morgan fingerprint density at radius 1 is 1.16 bits per heavy atom. The van der Waals surface area contributed by atoms with Crippen molar-refractivity contribution in [1.82, 2.24) is 9.62 Å². The van der Waals surface area contributed by atoms with Gasteiger partial charge in [-0.1, -0.05) is 18.2 Å². The second kappa shape index (κ2) is 6.22. The number of halogens is 1. The van der Waals surface area contributed by atoms with Gasteiger partial charge in [-0.3, -0.25) is 0 Å². The maximum absolute atomic E-state index is 12.5. The summed E-state index contributed by atoms with van der Waals surface area (Å²) in [5.74, 6) is 0. The predicted molar refractivity (Wildman–Crippen MR) is 79.1 cm³/mol. The number of nitrogens with one attached hydrogen (secondary N) is 1. The largest absolute Gasteiger partial charge is 0.317 e. The average molecular weight is 305 g/mol.